The van der Waals surface area contributed by atoms with E-state index in [-0.39, 0.29) is 21.8 Å². The van der Waals surface area contributed by atoms with Crippen LogP contribution >= 0.6 is 0 Å². The lowest BCUT2D eigenvalue weighted by atomic mass is 10.0. The van der Waals surface area contributed by atoms with Crippen molar-refractivity contribution in [2.75, 3.05) is 25.9 Å². The molecule has 1 atom stereocenters. The van der Waals surface area contributed by atoms with Crippen molar-refractivity contribution in [3.05, 3.63) is 41.7 Å². The first kappa shape index (κ1) is 19.9. The van der Waals surface area contributed by atoms with E-state index >= 15 is 0 Å². The molecule has 0 bridgehead atoms. The summed E-state index contributed by atoms with van der Waals surface area (Å²) >= 11 is 0. The van der Waals surface area contributed by atoms with Gasteiger partial charge in [-0.3, -0.25) is 0 Å². The number of carbonyl (C=O) groups is 1. The molecule has 1 fully saturated rings. The SMILES string of the molecule is COC(=O)c1c(N)c(C#N)cn1-c1ccc(S(=O)(=O)N2CCCC(C)C2)cc1. The second-order valence-electron chi connectivity index (χ2n) is 6.88. The van der Waals surface area contributed by atoms with Crippen LogP contribution < -0.4 is 5.73 Å². The summed E-state index contributed by atoms with van der Waals surface area (Å²) in [5, 5.41) is 9.19. The Morgan fingerprint density at radius 3 is 2.57 bits per heavy atom. The van der Waals surface area contributed by atoms with Gasteiger partial charge in [-0.05, 0) is 43.0 Å². The summed E-state index contributed by atoms with van der Waals surface area (Å²) in [6.07, 6.45) is 3.30. The van der Waals surface area contributed by atoms with Crippen LogP contribution in [0, 0.1) is 17.2 Å². The van der Waals surface area contributed by atoms with E-state index in [1.54, 1.807) is 12.1 Å². The fraction of sp³-hybridized carbons (Fsp3) is 0.368. The van der Waals surface area contributed by atoms with E-state index in [1.165, 1.54) is 34.3 Å². The Kier molecular flexibility index (Phi) is 5.45. The molecule has 0 radical (unpaired) electrons. The molecular weight excluding hydrogens is 380 g/mol. The number of methoxy groups -OCH3 is 1. The van der Waals surface area contributed by atoms with Crippen molar-refractivity contribution in [2.45, 2.75) is 24.7 Å². The average molecular weight is 402 g/mol. The molecule has 9 heteroatoms. The fourth-order valence-electron chi connectivity index (χ4n) is 3.41. The van der Waals surface area contributed by atoms with Crippen LogP contribution in [0.2, 0.25) is 0 Å². The zero-order chi connectivity index (χ0) is 20.5. The van der Waals surface area contributed by atoms with Gasteiger partial charge in [-0.15, -0.1) is 0 Å². The van der Waals surface area contributed by atoms with Crippen molar-refractivity contribution in [2.24, 2.45) is 5.92 Å². The topological polar surface area (TPSA) is 118 Å². The largest absolute Gasteiger partial charge is 0.464 e. The molecule has 0 saturated carbocycles. The number of hydrogen-bond donors (Lipinski definition) is 1. The van der Waals surface area contributed by atoms with Gasteiger partial charge in [-0.1, -0.05) is 6.92 Å². The van der Waals surface area contributed by atoms with E-state index in [4.69, 9.17) is 10.5 Å². The monoisotopic (exact) mass is 402 g/mol. The molecule has 0 amide bonds. The van der Waals surface area contributed by atoms with Gasteiger partial charge in [-0.2, -0.15) is 9.57 Å². The van der Waals surface area contributed by atoms with E-state index in [2.05, 4.69) is 0 Å². The predicted molar refractivity (Wildman–Crippen MR) is 103 cm³/mol. The number of ether oxygens (including phenoxy) is 1. The van der Waals surface area contributed by atoms with Gasteiger partial charge in [0, 0.05) is 25.0 Å². The summed E-state index contributed by atoms with van der Waals surface area (Å²) in [5.74, 6) is -0.351. The molecule has 148 valence electrons. The van der Waals surface area contributed by atoms with Gasteiger partial charge in [0.15, 0.2) is 5.69 Å². The summed E-state index contributed by atoms with van der Waals surface area (Å²) in [4.78, 5) is 12.3. The number of rotatable bonds is 4. The maximum Gasteiger partial charge on any atom is 0.357 e. The lowest BCUT2D eigenvalue weighted by Gasteiger charge is -2.30. The highest BCUT2D eigenvalue weighted by atomic mass is 32.2. The normalized spacial score (nSPS) is 17.8. The Bertz CT molecular complexity index is 1040. The third kappa shape index (κ3) is 3.48. The van der Waals surface area contributed by atoms with Crippen LogP contribution in [-0.4, -0.2) is 43.5 Å². The molecule has 2 N–H and O–H groups in total. The lowest BCUT2D eigenvalue weighted by Crippen LogP contribution is -2.39. The zero-order valence-corrected chi connectivity index (χ0v) is 16.6. The van der Waals surface area contributed by atoms with E-state index in [0.717, 1.165) is 12.8 Å². The van der Waals surface area contributed by atoms with Crippen molar-refractivity contribution in [3.63, 3.8) is 0 Å². The molecule has 3 rings (SSSR count). The Hall–Kier alpha value is -2.83. The summed E-state index contributed by atoms with van der Waals surface area (Å²) in [7, 11) is -2.35. The highest BCUT2D eigenvalue weighted by Crippen LogP contribution is 2.27. The van der Waals surface area contributed by atoms with Gasteiger partial charge < -0.3 is 15.0 Å². The Labute approximate surface area is 164 Å². The standard InChI is InChI=1S/C19H22N4O4S/c1-13-4-3-9-22(11-13)28(25,26)16-7-5-15(6-8-16)23-12-14(10-20)17(21)18(23)19(24)27-2/h5-8,12-13H,3-4,9,11,21H2,1-2H3. The van der Waals surface area contributed by atoms with Crippen molar-refractivity contribution < 1.29 is 17.9 Å². The Balaban J connectivity index is 1.98. The van der Waals surface area contributed by atoms with Crippen LogP contribution in [0.1, 0.15) is 35.8 Å². The third-order valence-electron chi connectivity index (χ3n) is 4.92. The number of esters is 1. The van der Waals surface area contributed by atoms with Gasteiger partial charge in [0.25, 0.3) is 0 Å². The fourth-order valence-corrected chi connectivity index (χ4v) is 5.01. The number of anilines is 1. The quantitative estimate of drug-likeness (QED) is 0.783. The number of carbonyl (C=O) groups excluding carboxylic acids is 1. The minimum Gasteiger partial charge on any atom is -0.464 e. The third-order valence-corrected chi connectivity index (χ3v) is 6.80. The van der Waals surface area contributed by atoms with Gasteiger partial charge in [0.2, 0.25) is 10.0 Å². The predicted octanol–water partition coefficient (Wildman–Crippen LogP) is 2.14. The number of aromatic nitrogens is 1. The minimum atomic E-state index is -3.58. The molecular formula is C19H22N4O4S. The molecule has 0 aliphatic carbocycles. The molecule has 2 aromatic rings. The van der Waals surface area contributed by atoms with Crippen LogP contribution in [0.3, 0.4) is 0 Å². The molecule has 1 aromatic heterocycles. The Morgan fingerprint density at radius 2 is 2.00 bits per heavy atom. The molecule has 1 saturated heterocycles. The van der Waals surface area contributed by atoms with Gasteiger partial charge in [0.1, 0.15) is 6.07 Å². The number of benzene rings is 1. The van der Waals surface area contributed by atoms with Gasteiger partial charge >= 0.3 is 5.97 Å². The summed E-state index contributed by atoms with van der Waals surface area (Å²) < 4.78 is 33.5. The second-order valence-corrected chi connectivity index (χ2v) is 8.82. The zero-order valence-electron chi connectivity index (χ0n) is 15.8. The molecule has 8 nitrogen and oxygen atoms in total. The second kappa shape index (κ2) is 7.66. The first-order valence-electron chi connectivity index (χ1n) is 8.89. The molecule has 1 aliphatic heterocycles. The number of nitriles is 1. The minimum absolute atomic E-state index is 0.0216. The molecule has 1 aliphatic rings. The number of piperidine rings is 1. The van der Waals surface area contributed by atoms with Crippen LogP contribution in [0.4, 0.5) is 5.69 Å². The summed E-state index contributed by atoms with van der Waals surface area (Å²) in [5.41, 5.74) is 6.58. The Morgan fingerprint density at radius 1 is 1.32 bits per heavy atom. The number of sulfonamides is 1. The first-order chi connectivity index (χ1) is 13.3. The van der Waals surface area contributed by atoms with Crippen molar-refractivity contribution >= 4 is 21.7 Å². The molecule has 1 unspecified atom stereocenters. The highest BCUT2D eigenvalue weighted by Gasteiger charge is 2.29. The molecule has 28 heavy (non-hydrogen) atoms. The van der Waals surface area contributed by atoms with Crippen LogP contribution in [0.25, 0.3) is 5.69 Å². The lowest BCUT2D eigenvalue weighted by molar-refractivity contribution is 0.0593. The van der Waals surface area contributed by atoms with Crippen LogP contribution in [-0.2, 0) is 14.8 Å². The number of nitrogens with two attached hydrogens (primary N) is 1. The van der Waals surface area contributed by atoms with Crippen molar-refractivity contribution in [1.29, 1.82) is 5.26 Å². The van der Waals surface area contributed by atoms with E-state index < -0.39 is 16.0 Å². The summed E-state index contributed by atoms with van der Waals surface area (Å²) in [6, 6.07) is 8.07. The molecule has 1 aromatic carbocycles. The summed E-state index contributed by atoms with van der Waals surface area (Å²) in [6.45, 7) is 3.07. The first-order valence-corrected chi connectivity index (χ1v) is 10.3. The van der Waals surface area contributed by atoms with Crippen LogP contribution in [0.15, 0.2) is 35.4 Å². The van der Waals surface area contributed by atoms with E-state index in [0.29, 0.717) is 24.7 Å². The van der Waals surface area contributed by atoms with Gasteiger partial charge in [0.05, 0.1) is 23.3 Å². The smallest absolute Gasteiger partial charge is 0.357 e. The molecule has 0 spiro atoms. The highest BCUT2D eigenvalue weighted by molar-refractivity contribution is 7.89. The van der Waals surface area contributed by atoms with E-state index in [1.807, 2.05) is 13.0 Å². The number of nitrogens with zero attached hydrogens (tertiary/aromatic N) is 3. The van der Waals surface area contributed by atoms with Gasteiger partial charge in [-0.25, -0.2) is 13.2 Å². The average Bonchev–Trinajstić information content (AvgIpc) is 3.04. The number of nitrogen functional groups attached to an aromatic ring is 1. The van der Waals surface area contributed by atoms with Crippen molar-refractivity contribution in [1.82, 2.24) is 8.87 Å². The molecule has 2 heterocycles. The maximum atomic E-state index is 12.9. The van der Waals surface area contributed by atoms with Crippen LogP contribution in [0.5, 0.6) is 0 Å². The maximum absolute atomic E-state index is 12.9. The number of hydrogen-bond acceptors (Lipinski definition) is 6. The van der Waals surface area contributed by atoms with E-state index in [9.17, 15) is 18.5 Å². The van der Waals surface area contributed by atoms with Crippen molar-refractivity contribution in [3.8, 4) is 11.8 Å².